The lowest BCUT2D eigenvalue weighted by Gasteiger charge is -2.36. The third-order valence-corrected chi connectivity index (χ3v) is 6.03. The molecular formula is C19H26Cl3N3O2. The largest absolute Gasteiger partial charge is 0.341 e. The molecule has 8 heteroatoms. The number of halogens is 3. The molecule has 0 saturated carbocycles. The van der Waals surface area contributed by atoms with Crippen LogP contribution < -0.4 is 5.32 Å². The van der Waals surface area contributed by atoms with Crippen LogP contribution in [0.25, 0.3) is 0 Å². The van der Waals surface area contributed by atoms with Gasteiger partial charge in [0.25, 0.3) is 5.91 Å². The Labute approximate surface area is 176 Å². The van der Waals surface area contributed by atoms with Gasteiger partial charge in [0, 0.05) is 25.2 Å². The number of carbonyl (C=O) groups excluding carboxylic acids is 2. The molecule has 3 rings (SSSR count). The summed E-state index contributed by atoms with van der Waals surface area (Å²) in [6.45, 7) is 3.07. The van der Waals surface area contributed by atoms with Gasteiger partial charge in [-0.25, -0.2) is 0 Å². The van der Waals surface area contributed by atoms with E-state index in [1.54, 1.807) is 23.1 Å². The number of hydrogen-bond donors (Lipinski definition) is 1. The summed E-state index contributed by atoms with van der Waals surface area (Å²) in [7, 11) is 1.94. The summed E-state index contributed by atoms with van der Waals surface area (Å²) in [6.07, 6.45) is 3.73. The van der Waals surface area contributed by atoms with E-state index in [-0.39, 0.29) is 30.3 Å². The number of likely N-dealkylation sites (tertiary alicyclic amines) is 2. The molecule has 2 amide bonds. The summed E-state index contributed by atoms with van der Waals surface area (Å²) in [6, 6.07) is 4.50. The maximum absolute atomic E-state index is 13.1. The minimum atomic E-state index is -0.370. The number of benzene rings is 1. The summed E-state index contributed by atoms with van der Waals surface area (Å²) in [4.78, 5) is 29.6. The average Bonchev–Trinajstić information content (AvgIpc) is 3.13. The van der Waals surface area contributed by atoms with Crippen molar-refractivity contribution < 1.29 is 9.59 Å². The van der Waals surface area contributed by atoms with Crippen LogP contribution in [0.15, 0.2) is 18.2 Å². The topological polar surface area (TPSA) is 52.7 Å². The lowest BCUT2D eigenvalue weighted by Crippen LogP contribution is -2.51. The Kier molecular flexibility index (Phi) is 8.22. The smallest absolute Gasteiger partial charge is 0.254 e. The van der Waals surface area contributed by atoms with E-state index in [1.165, 1.54) is 0 Å². The highest BCUT2D eigenvalue weighted by Crippen LogP contribution is 2.27. The highest BCUT2D eigenvalue weighted by atomic mass is 35.5. The Morgan fingerprint density at radius 1 is 1.15 bits per heavy atom. The van der Waals surface area contributed by atoms with Gasteiger partial charge < -0.3 is 15.1 Å². The number of amides is 2. The van der Waals surface area contributed by atoms with Gasteiger partial charge in [0.15, 0.2) is 0 Å². The maximum atomic E-state index is 13.1. The van der Waals surface area contributed by atoms with Gasteiger partial charge in [0.05, 0.1) is 10.0 Å². The molecule has 150 valence electrons. The molecule has 0 aromatic heterocycles. The zero-order chi connectivity index (χ0) is 18.7. The van der Waals surface area contributed by atoms with Crippen LogP contribution in [0.2, 0.25) is 10.0 Å². The Bertz CT molecular complexity index is 684. The zero-order valence-corrected chi connectivity index (χ0v) is 17.7. The number of carbonyl (C=O) groups is 2. The molecule has 2 atom stereocenters. The van der Waals surface area contributed by atoms with Crippen LogP contribution in [0.4, 0.5) is 0 Å². The van der Waals surface area contributed by atoms with Crippen LogP contribution in [-0.4, -0.2) is 60.9 Å². The average molecular weight is 435 g/mol. The zero-order valence-electron chi connectivity index (χ0n) is 15.4. The Morgan fingerprint density at radius 2 is 1.89 bits per heavy atom. The minimum absolute atomic E-state index is 0. The summed E-state index contributed by atoms with van der Waals surface area (Å²) < 4.78 is 0. The van der Waals surface area contributed by atoms with E-state index < -0.39 is 0 Å². The molecule has 0 bridgehead atoms. The van der Waals surface area contributed by atoms with Crippen molar-refractivity contribution in [3.05, 3.63) is 33.8 Å². The predicted molar refractivity (Wildman–Crippen MR) is 111 cm³/mol. The normalized spacial score (nSPS) is 22.5. The number of hydrogen-bond acceptors (Lipinski definition) is 3. The first-order valence-electron chi connectivity index (χ1n) is 9.20. The molecule has 0 spiro atoms. The summed E-state index contributed by atoms with van der Waals surface area (Å²) in [5.41, 5.74) is 0.478. The van der Waals surface area contributed by atoms with Crippen molar-refractivity contribution in [2.75, 3.05) is 33.2 Å². The lowest BCUT2D eigenvalue weighted by atomic mass is 9.97. The number of piperidine rings is 1. The van der Waals surface area contributed by atoms with Gasteiger partial charge >= 0.3 is 0 Å². The van der Waals surface area contributed by atoms with E-state index in [0.29, 0.717) is 28.1 Å². The van der Waals surface area contributed by atoms with Gasteiger partial charge in [-0.1, -0.05) is 23.2 Å². The summed E-state index contributed by atoms with van der Waals surface area (Å²) in [5.74, 6) is 0.415. The summed E-state index contributed by atoms with van der Waals surface area (Å²) in [5, 5.41) is 3.97. The van der Waals surface area contributed by atoms with Gasteiger partial charge in [0.1, 0.15) is 6.04 Å². The highest BCUT2D eigenvalue weighted by Gasteiger charge is 2.38. The van der Waals surface area contributed by atoms with Gasteiger partial charge in [0.2, 0.25) is 5.91 Å². The molecule has 2 unspecified atom stereocenters. The number of nitrogens with one attached hydrogen (secondary N) is 1. The molecule has 1 N–H and O–H groups in total. The molecule has 1 aromatic carbocycles. The molecule has 5 nitrogen and oxygen atoms in total. The fraction of sp³-hybridized carbons (Fsp3) is 0.579. The fourth-order valence-electron chi connectivity index (χ4n) is 3.99. The van der Waals surface area contributed by atoms with Crippen LogP contribution in [0, 0.1) is 5.92 Å². The molecule has 2 saturated heterocycles. The van der Waals surface area contributed by atoms with Crippen LogP contribution in [0.5, 0.6) is 0 Å². The molecule has 0 radical (unpaired) electrons. The molecule has 2 fully saturated rings. The minimum Gasteiger partial charge on any atom is -0.341 e. The number of rotatable bonds is 4. The second-order valence-electron chi connectivity index (χ2n) is 7.14. The van der Waals surface area contributed by atoms with Gasteiger partial charge in [-0.3, -0.25) is 9.59 Å². The third kappa shape index (κ3) is 5.08. The first-order valence-corrected chi connectivity index (χ1v) is 9.96. The van der Waals surface area contributed by atoms with Crippen LogP contribution in [0.3, 0.4) is 0 Å². The van der Waals surface area contributed by atoms with E-state index in [0.717, 1.165) is 45.3 Å². The lowest BCUT2D eigenvalue weighted by molar-refractivity contribution is -0.137. The molecule has 27 heavy (non-hydrogen) atoms. The molecule has 1 aromatic rings. The second kappa shape index (κ2) is 9.97. The molecule has 2 heterocycles. The van der Waals surface area contributed by atoms with Crippen molar-refractivity contribution in [3.8, 4) is 0 Å². The summed E-state index contributed by atoms with van der Waals surface area (Å²) >= 11 is 12.0. The van der Waals surface area contributed by atoms with Crippen molar-refractivity contribution in [2.45, 2.75) is 31.7 Å². The molecule has 0 aliphatic carbocycles. The standard InChI is InChI=1S/C19H25Cl2N3O2.ClH/c1-22-11-13-4-2-8-23(12-13)19(26)17-5-3-9-24(17)18(25)14-6-7-15(20)16(21)10-14;/h6-7,10,13,17,22H,2-5,8-9,11-12H2,1H3;1H. The molecule has 2 aliphatic heterocycles. The Hall–Kier alpha value is -1.01. The van der Waals surface area contributed by atoms with E-state index in [4.69, 9.17) is 23.2 Å². The molecule has 2 aliphatic rings. The van der Waals surface area contributed by atoms with Crippen molar-refractivity contribution in [1.29, 1.82) is 0 Å². The van der Waals surface area contributed by atoms with Gasteiger partial charge in [-0.05, 0) is 63.4 Å². The van der Waals surface area contributed by atoms with Crippen LogP contribution in [0.1, 0.15) is 36.0 Å². The molecular weight excluding hydrogens is 409 g/mol. The highest BCUT2D eigenvalue weighted by molar-refractivity contribution is 6.42. The van der Waals surface area contributed by atoms with Crippen molar-refractivity contribution in [1.82, 2.24) is 15.1 Å². The Balaban J connectivity index is 0.00000261. The van der Waals surface area contributed by atoms with Crippen LogP contribution >= 0.6 is 35.6 Å². The SMILES string of the molecule is CNCC1CCCN(C(=O)C2CCCN2C(=O)c2ccc(Cl)c(Cl)c2)C1.Cl. The first-order chi connectivity index (χ1) is 12.5. The van der Waals surface area contributed by atoms with Crippen molar-refractivity contribution in [2.24, 2.45) is 5.92 Å². The van der Waals surface area contributed by atoms with E-state index >= 15 is 0 Å². The second-order valence-corrected chi connectivity index (χ2v) is 7.95. The first kappa shape index (κ1) is 22.3. The van der Waals surface area contributed by atoms with E-state index in [1.807, 2.05) is 11.9 Å². The van der Waals surface area contributed by atoms with Gasteiger partial charge in [-0.15, -0.1) is 12.4 Å². The van der Waals surface area contributed by atoms with E-state index in [9.17, 15) is 9.59 Å². The fourth-order valence-corrected chi connectivity index (χ4v) is 4.29. The van der Waals surface area contributed by atoms with Crippen molar-refractivity contribution in [3.63, 3.8) is 0 Å². The third-order valence-electron chi connectivity index (χ3n) is 5.29. The van der Waals surface area contributed by atoms with Gasteiger partial charge in [-0.2, -0.15) is 0 Å². The quantitative estimate of drug-likeness (QED) is 0.789. The predicted octanol–water partition coefficient (Wildman–Crippen LogP) is 3.48. The van der Waals surface area contributed by atoms with E-state index in [2.05, 4.69) is 5.32 Å². The monoisotopic (exact) mass is 433 g/mol. The van der Waals surface area contributed by atoms with Crippen LogP contribution in [-0.2, 0) is 4.79 Å². The van der Waals surface area contributed by atoms with Crippen molar-refractivity contribution >= 4 is 47.4 Å². The Morgan fingerprint density at radius 3 is 2.59 bits per heavy atom. The maximum Gasteiger partial charge on any atom is 0.254 e. The number of nitrogens with zero attached hydrogens (tertiary/aromatic N) is 2.